The van der Waals surface area contributed by atoms with Gasteiger partial charge in [-0.3, -0.25) is 4.79 Å². The van der Waals surface area contributed by atoms with E-state index in [1.807, 2.05) is 13.8 Å². The van der Waals surface area contributed by atoms with Crippen molar-refractivity contribution in [3.63, 3.8) is 0 Å². The first-order valence-corrected chi connectivity index (χ1v) is 6.48. The number of nitrogens with one attached hydrogen (secondary N) is 1. The first-order chi connectivity index (χ1) is 7.54. The van der Waals surface area contributed by atoms with E-state index in [-0.39, 0.29) is 18.0 Å². The van der Waals surface area contributed by atoms with E-state index < -0.39 is 0 Å². The van der Waals surface area contributed by atoms with E-state index >= 15 is 0 Å². The number of aryl methyl sites for hydroxylation is 1. The first kappa shape index (κ1) is 13.2. The molecule has 1 unspecified atom stereocenters. The lowest BCUT2D eigenvalue weighted by molar-refractivity contribution is -0.123. The van der Waals surface area contributed by atoms with Crippen molar-refractivity contribution in [2.45, 2.75) is 45.7 Å². The zero-order chi connectivity index (χ0) is 12.1. The van der Waals surface area contributed by atoms with Gasteiger partial charge in [0, 0.05) is 9.75 Å². The van der Waals surface area contributed by atoms with E-state index in [4.69, 9.17) is 5.73 Å². The van der Waals surface area contributed by atoms with Crippen molar-refractivity contribution in [3.05, 3.63) is 21.9 Å². The highest BCUT2D eigenvalue weighted by atomic mass is 32.1. The van der Waals surface area contributed by atoms with Gasteiger partial charge in [0.15, 0.2) is 0 Å². The molecule has 1 amide bonds. The van der Waals surface area contributed by atoms with Crippen LogP contribution in [0.15, 0.2) is 12.1 Å². The second-order valence-corrected chi connectivity index (χ2v) is 5.39. The largest absolute Gasteiger partial charge is 0.347 e. The molecule has 0 spiro atoms. The van der Waals surface area contributed by atoms with Crippen molar-refractivity contribution in [1.82, 2.24) is 5.32 Å². The number of rotatable bonds is 5. The van der Waals surface area contributed by atoms with Crippen LogP contribution in [-0.4, -0.2) is 11.9 Å². The highest BCUT2D eigenvalue weighted by Crippen LogP contribution is 2.22. The van der Waals surface area contributed by atoms with Crippen LogP contribution in [0.4, 0.5) is 0 Å². The van der Waals surface area contributed by atoms with Gasteiger partial charge in [-0.05, 0) is 32.4 Å². The molecule has 0 bridgehead atoms. The molecule has 0 saturated heterocycles. The Morgan fingerprint density at radius 1 is 1.56 bits per heavy atom. The topological polar surface area (TPSA) is 55.1 Å². The maximum atomic E-state index is 11.7. The SMILES string of the molecule is CCC[C@@H](N)C(=O)NC(C)c1ccc(C)s1. The van der Waals surface area contributed by atoms with Gasteiger partial charge in [-0.15, -0.1) is 11.3 Å². The number of amides is 1. The molecular formula is C12H20N2OS. The maximum absolute atomic E-state index is 11.7. The lowest BCUT2D eigenvalue weighted by atomic mass is 10.1. The second-order valence-electron chi connectivity index (χ2n) is 4.07. The van der Waals surface area contributed by atoms with Gasteiger partial charge in [-0.25, -0.2) is 0 Å². The fourth-order valence-electron chi connectivity index (χ4n) is 1.52. The Kier molecular flexibility index (Phi) is 4.96. The van der Waals surface area contributed by atoms with Crippen molar-refractivity contribution in [2.24, 2.45) is 5.73 Å². The number of carbonyl (C=O) groups is 1. The summed E-state index contributed by atoms with van der Waals surface area (Å²) in [6.45, 7) is 6.08. The molecule has 1 aromatic heterocycles. The molecule has 4 heteroatoms. The maximum Gasteiger partial charge on any atom is 0.237 e. The Hall–Kier alpha value is -0.870. The van der Waals surface area contributed by atoms with Crippen LogP contribution in [0.2, 0.25) is 0 Å². The fourth-order valence-corrected chi connectivity index (χ4v) is 2.40. The molecule has 0 aliphatic heterocycles. The molecule has 3 N–H and O–H groups in total. The minimum absolute atomic E-state index is 0.0501. The van der Waals surface area contributed by atoms with Crippen LogP contribution in [0.3, 0.4) is 0 Å². The zero-order valence-corrected chi connectivity index (χ0v) is 10.9. The number of nitrogens with two attached hydrogens (primary N) is 1. The van der Waals surface area contributed by atoms with E-state index in [1.165, 1.54) is 9.75 Å². The van der Waals surface area contributed by atoms with Gasteiger partial charge in [0.2, 0.25) is 5.91 Å². The van der Waals surface area contributed by atoms with Crippen LogP contribution in [0.1, 0.15) is 42.5 Å². The van der Waals surface area contributed by atoms with Gasteiger partial charge in [0.05, 0.1) is 12.1 Å². The van der Waals surface area contributed by atoms with Crippen LogP contribution in [0, 0.1) is 6.92 Å². The molecule has 0 saturated carbocycles. The van der Waals surface area contributed by atoms with Gasteiger partial charge >= 0.3 is 0 Å². The molecular weight excluding hydrogens is 220 g/mol. The molecule has 0 radical (unpaired) electrons. The lowest BCUT2D eigenvalue weighted by Gasteiger charge is -2.16. The van der Waals surface area contributed by atoms with Gasteiger partial charge in [-0.1, -0.05) is 13.3 Å². The average molecular weight is 240 g/mol. The summed E-state index contributed by atoms with van der Waals surface area (Å²) in [6, 6.07) is 3.79. The van der Waals surface area contributed by atoms with Gasteiger partial charge in [-0.2, -0.15) is 0 Å². The van der Waals surface area contributed by atoms with Gasteiger partial charge < -0.3 is 11.1 Å². The molecule has 2 atom stereocenters. The van der Waals surface area contributed by atoms with Crippen LogP contribution < -0.4 is 11.1 Å². The zero-order valence-electron chi connectivity index (χ0n) is 10.1. The minimum atomic E-state index is -0.381. The summed E-state index contributed by atoms with van der Waals surface area (Å²) in [7, 11) is 0. The third kappa shape index (κ3) is 3.61. The Morgan fingerprint density at radius 2 is 2.25 bits per heavy atom. The Morgan fingerprint density at radius 3 is 2.75 bits per heavy atom. The molecule has 0 aliphatic rings. The Balaban J connectivity index is 2.51. The van der Waals surface area contributed by atoms with Crippen molar-refractivity contribution in [1.29, 1.82) is 0 Å². The molecule has 3 nitrogen and oxygen atoms in total. The predicted molar refractivity (Wildman–Crippen MR) is 68.5 cm³/mol. The fraction of sp³-hybridized carbons (Fsp3) is 0.583. The summed E-state index contributed by atoms with van der Waals surface area (Å²) in [5.41, 5.74) is 5.75. The van der Waals surface area contributed by atoms with Crippen LogP contribution in [0.5, 0.6) is 0 Å². The van der Waals surface area contributed by atoms with Crippen LogP contribution in [0.25, 0.3) is 0 Å². The Bertz CT molecular complexity index is 349. The summed E-state index contributed by atoms with van der Waals surface area (Å²) in [6.07, 6.45) is 1.67. The Labute approximate surface area is 101 Å². The smallest absolute Gasteiger partial charge is 0.237 e. The molecule has 16 heavy (non-hydrogen) atoms. The molecule has 1 rings (SSSR count). The van der Waals surface area contributed by atoms with Crippen molar-refractivity contribution < 1.29 is 4.79 Å². The molecule has 0 aromatic carbocycles. The van der Waals surface area contributed by atoms with Gasteiger partial charge in [0.1, 0.15) is 0 Å². The third-order valence-electron chi connectivity index (χ3n) is 2.48. The molecule has 0 aliphatic carbocycles. The number of hydrogen-bond donors (Lipinski definition) is 2. The highest BCUT2D eigenvalue weighted by molar-refractivity contribution is 7.12. The normalized spacial score (nSPS) is 14.5. The van der Waals surface area contributed by atoms with Crippen molar-refractivity contribution >= 4 is 17.2 Å². The average Bonchev–Trinajstić information content (AvgIpc) is 2.65. The standard InChI is InChI=1S/C12H20N2OS/c1-4-5-10(13)12(15)14-9(3)11-7-6-8(2)16-11/h6-7,9-10H,4-5,13H2,1-3H3,(H,14,15)/t9?,10-/m1/s1. The molecule has 1 aromatic rings. The molecule has 0 fully saturated rings. The predicted octanol–water partition coefficient (Wildman–Crippen LogP) is 2.36. The summed E-state index contributed by atoms with van der Waals surface area (Å²) < 4.78 is 0. The minimum Gasteiger partial charge on any atom is -0.347 e. The van der Waals surface area contributed by atoms with E-state index in [2.05, 4.69) is 24.4 Å². The number of carbonyl (C=O) groups excluding carboxylic acids is 1. The van der Waals surface area contributed by atoms with Crippen molar-refractivity contribution in [2.75, 3.05) is 0 Å². The second kappa shape index (κ2) is 6.01. The van der Waals surface area contributed by atoms with E-state index in [1.54, 1.807) is 11.3 Å². The summed E-state index contributed by atoms with van der Waals surface area (Å²) in [5.74, 6) is -0.0552. The highest BCUT2D eigenvalue weighted by Gasteiger charge is 2.16. The van der Waals surface area contributed by atoms with E-state index in [0.29, 0.717) is 0 Å². The number of thiophene rings is 1. The lowest BCUT2D eigenvalue weighted by Crippen LogP contribution is -2.41. The third-order valence-corrected chi connectivity index (χ3v) is 3.67. The van der Waals surface area contributed by atoms with E-state index in [9.17, 15) is 4.79 Å². The monoisotopic (exact) mass is 240 g/mol. The van der Waals surface area contributed by atoms with Crippen LogP contribution >= 0.6 is 11.3 Å². The first-order valence-electron chi connectivity index (χ1n) is 5.67. The summed E-state index contributed by atoms with van der Waals surface area (Å²) in [5, 5.41) is 2.94. The molecule has 1 heterocycles. The summed E-state index contributed by atoms with van der Waals surface area (Å²) in [4.78, 5) is 14.1. The van der Waals surface area contributed by atoms with Gasteiger partial charge in [0.25, 0.3) is 0 Å². The van der Waals surface area contributed by atoms with Crippen LogP contribution in [-0.2, 0) is 4.79 Å². The molecule has 90 valence electrons. The van der Waals surface area contributed by atoms with Crippen molar-refractivity contribution in [3.8, 4) is 0 Å². The number of hydrogen-bond acceptors (Lipinski definition) is 3. The summed E-state index contributed by atoms with van der Waals surface area (Å²) >= 11 is 1.71. The van der Waals surface area contributed by atoms with E-state index in [0.717, 1.165) is 12.8 Å². The quantitative estimate of drug-likeness (QED) is 0.830.